The second-order valence-corrected chi connectivity index (χ2v) is 7.90. The molecule has 1 atom stereocenters. The summed E-state index contributed by atoms with van der Waals surface area (Å²) in [6.07, 6.45) is 8.54. The van der Waals surface area contributed by atoms with E-state index in [9.17, 15) is 9.59 Å². The average molecular weight is 393 g/mol. The van der Waals surface area contributed by atoms with Crippen LogP contribution in [-0.2, 0) is 15.0 Å². The molecule has 0 radical (unpaired) electrons. The highest BCUT2D eigenvalue weighted by Gasteiger charge is 2.48. The van der Waals surface area contributed by atoms with Crippen LogP contribution >= 0.6 is 0 Å². The van der Waals surface area contributed by atoms with Crippen molar-refractivity contribution in [1.29, 1.82) is 0 Å². The monoisotopic (exact) mass is 393 g/mol. The molecule has 2 aromatic rings. The number of nitrogens with zero attached hydrogens (tertiary/aromatic N) is 2. The first kappa shape index (κ1) is 19.4. The van der Waals surface area contributed by atoms with E-state index in [1.807, 2.05) is 29.2 Å². The van der Waals surface area contributed by atoms with Gasteiger partial charge < -0.3 is 15.0 Å². The predicted molar refractivity (Wildman–Crippen MR) is 111 cm³/mol. The Hall–Kier alpha value is -2.89. The van der Waals surface area contributed by atoms with Gasteiger partial charge in [0.25, 0.3) is 0 Å². The van der Waals surface area contributed by atoms with Crippen LogP contribution in [0.4, 0.5) is 5.69 Å². The zero-order valence-corrected chi connectivity index (χ0v) is 16.8. The number of benzene rings is 1. The Bertz CT molecular complexity index is 861. The summed E-state index contributed by atoms with van der Waals surface area (Å²) in [5.41, 5.74) is 1.20. The molecule has 2 fully saturated rings. The van der Waals surface area contributed by atoms with E-state index in [2.05, 4.69) is 10.3 Å². The van der Waals surface area contributed by atoms with Crippen molar-refractivity contribution in [2.24, 2.45) is 0 Å². The van der Waals surface area contributed by atoms with Gasteiger partial charge in [-0.1, -0.05) is 25.0 Å². The quantitative estimate of drug-likeness (QED) is 0.844. The molecule has 0 unspecified atom stereocenters. The van der Waals surface area contributed by atoms with Crippen LogP contribution in [-0.4, -0.2) is 41.4 Å². The van der Waals surface area contributed by atoms with Crippen LogP contribution in [0.1, 0.15) is 44.1 Å². The zero-order valence-electron chi connectivity index (χ0n) is 16.8. The largest absolute Gasteiger partial charge is 0.497 e. The Balaban J connectivity index is 1.57. The van der Waals surface area contributed by atoms with Crippen LogP contribution in [0.5, 0.6) is 5.75 Å². The van der Waals surface area contributed by atoms with Crippen molar-refractivity contribution >= 4 is 17.5 Å². The Morgan fingerprint density at radius 1 is 1.07 bits per heavy atom. The third-order valence-electron chi connectivity index (χ3n) is 6.27. The first-order valence-corrected chi connectivity index (χ1v) is 10.3. The number of aromatic nitrogens is 1. The minimum Gasteiger partial charge on any atom is -0.497 e. The Morgan fingerprint density at radius 3 is 2.41 bits per heavy atom. The number of rotatable bonds is 5. The number of amides is 2. The van der Waals surface area contributed by atoms with Crippen LogP contribution in [0.25, 0.3) is 0 Å². The Labute approximate surface area is 171 Å². The van der Waals surface area contributed by atoms with Crippen molar-refractivity contribution in [3.63, 3.8) is 0 Å². The van der Waals surface area contributed by atoms with Gasteiger partial charge in [-0.2, -0.15) is 0 Å². The van der Waals surface area contributed by atoms with Crippen molar-refractivity contribution in [3.8, 4) is 5.75 Å². The number of hydrogen-bond acceptors (Lipinski definition) is 4. The molecule has 6 nitrogen and oxygen atoms in total. The smallest absolute Gasteiger partial charge is 0.247 e. The van der Waals surface area contributed by atoms with Gasteiger partial charge in [0.2, 0.25) is 11.8 Å². The minimum absolute atomic E-state index is 0.0903. The molecule has 1 N–H and O–H groups in total. The molecule has 1 aromatic heterocycles. The fourth-order valence-corrected chi connectivity index (χ4v) is 4.73. The number of ether oxygens (including phenoxy) is 1. The molecule has 4 rings (SSSR count). The van der Waals surface area contributed by atoms with Crippen LogP contribution in [0, 0.1) is 0 Å². The molecule has 6 heteroatoms. The SMILES string of the molecule is COc1ccc(C2(C(=O)N3CCC[C@@H]3C(=O)Nc3ccncc3)CCCC2)cc1. The van der Waals surface area contributed by atoms with E-state index in [1.165, 1.54) is 0 Å². The molecule has 2 aliphatic rings. The summed E-state index contributed by atoms with van der Waals surface area (Å²) in [5, 5.41) is 2.94. The minimum atomic E-state index is -0.536. The van der Waals surface area contributed by atoms with Crippen LogP contribution in [0.2, 0.25) is 0 Å². The van der Waals surface area contributed by atoms with E-state index in [-0.39, 0.29) is 11.8 Å². The van der Waals surface area contributed by atoms with E-state index in [1.54, 1.807) is 31.6 Å². The number of hydrogen-bond donors (Lipinski definition) is 1. The summed E-state index contributed by atoms with van der Waals surface area (Å²) < 4.78 is 5.28. The first-order valence-electron chi connectivity index (χ1n) is 10.3. The second-order valence-electron chi connectivity index (χ2n) is 7.90. The van der Waals surface area contributed by atoms with Gasteiger partial charge in [0.15, 0.2) is 0 Å². The Kier molecular flexibility index (Phi) is 5.51. The highest BCUT2D eigenvalue weighted by molar-refractivity contribution is 5.99. The molecular weight excluding hydrogens is 366 g/mol. The lowest BCUT2D eigenvalue weighted by atomic mass is 9.77. The topological polar surface area (TPSA) is 71.5 Å². The standard InChI is InChI=1S/C23H27N3O3/c1-29-19-8-6-17(7-9-19)23(12-2-3-13-23)22(28)26-16-4-5-20(26)21(27)25-18-10-14-24-15-11-18/h6-11,14-15,20H,2-5,12-13,16H2,1H3,(H,24,25,27)/t20-/m1/s1. The van der Waals surface area contributed by atoms with Gasteiger partial charge in [0.1, 0.15) is 11.8 Å². The van der Waals surface area contributed by atoms with E-state index in [4.69, 9.17) is 4.74 Å². The maximum absolute atomic E-state index is 13.8. The Morgan fingerprint density at radius 2 is 1.76 bits per heavy atom. The summed E-state index contributed by atoms with van der Waals surface area (Å²) in [5.74, 6) is 0.752. The third kappa shape index (κ3) is 3.71. The van der Waals surface area contributed by atoms with E-state index in [0.29, 0.717) is 18.7 Å². The molecule has 1 aromatic carbocycles. The maximum atomic E-state index is 13.8. The summed E-state index contributed by atoms with van der Waals surface area (Å²) in [6, 6.07) is 10.9. The van der Waals surface area contributed by atoms with Gasteiger partial charge in [0, 0.05) is 24.6 Å². The number of nitrogens with one attached hydrogen (secondary N) is 1. The zero-order chi connectivity index (χ0) is 20.3. The number of carbonyl (C=O) groups excluding carboxylic acids is 2. The van der Waals surface area contributed by atoms with Gasteiger partial charge in [-0.25, -0.2) is 0 Å². The van der Waals surface area contributed by atoms with Gasteiger partial charge in [0.05, 0.1) is 12.5 Å². The highest BCUT2D eigenvalue weighted by atomic mass is 16.5. The normalized spacial score (nSPS) is 20.4. The molecule has 0 spiro atoms. The molecule has 1 saturated carbocycles. The lowest BCUT2D eigenvalue weighted by molar-refractivity contribution is -0.141. The lowest BCUT2D eigenvalue weighted by Gasteiger charge is -2.35. The summed E-state index contributed by atoms with van der Waals surface area (Å²) in [6.45, 7) is 0.630. The molecule has 2 amide bonds. The van der Waals surface area contributed by atoms with Crippen molar-refractivity contribution in [3.05, 3.63) is 54.4 Å². The molecule has 1 aliphatic carbocycles. The molecule has 1 aliphatic heterocycles. The maximum Gasteiger partial charge on any atom is 0.247 e. The van der Waals surface area contributed by atoms with Crippen molar-refractivity contribution in [2.45, 2.75) is 50.0 Å². The van der Waals surface area contributed by atoms with Gasteiger partial charge in [-0.3, -0.25) is 14.6 Å². The number of methoxy groups -OCH3 is 1. The van der Waals surface area contributed by atoms with Crippen molar-refractivity contribution < 1.29 is 14.3 Å². The number of pyridine rings is 1. The summed E-state index contributed by atoms with van der Waals surface area (Å²) >= 11 is 0. The van der Waals surface area contributed by atoms with Gasteiger partial charge >= 0.3 is 0 Å². The summed E-state index contributed by atoms with van der Waals surface area (Å²) in [7, 11) is 1.64. The fourth-order valence-electron chi connectivity index (χ4n) is 4.73. The van der Waals surface area contributed by atoms with E-state index in [0.717, 1.165) is 43.4 Å². The van der Waals surface area contributed by atoms with Crippen LogP contribution in [0.15, 0.2) is 48.8 Å². The molecule has 152 valence electrons. The van der Waals surface area contributed by atoms with E-state index < -0.39 is 11.5 Å². The second kappa shape index (κ2) is 8.23. The first-order chi connectivity index (χ1) is 14.1. The summed E-state index contributed by atoms with van der Waals surface area (Å²) in [4.78, 5) is 32.5. The van der Waals surface area contributed by atoms with Crippen molar-refractivity contribution in [1.82, 2.24) is 9.88 Å². The van der Waals surface area contributed by atoms with Gasteiger partial charge in [-0.15, -0.1) is 0 Å². The predicted octanol–water partition coefficient (Wildman–Crippen LogP) is 3.53. The van der Waals surface area contributed by atoms with Crippen LogP contribution < -0.4 is 10.1 Å². The number of likely N-dealkylation sites (tertiary alicyclic amines) is 1. The molecule has 1 saturated heterocycles. The number of carbonyl (C=O) groups is 2. The highest BCUT2D eigenvalue weighted by Crippen LogP contribution is 2.44. The number of anilines is 1. The molecule has 2 heterocycles. The molecule has 0 bridgehead atoms. The fraction of sp³-hybridized carbons (Fsp3) is 0.435. The third-order valence-corrected chi connectivity index (χ3v) is 6.27. The van der Waals surface area contributed by atoms with Crippen molar-refractivity contribution in [2.75, 3.05) is 19.0 Å². The lowest BCUT2D eigenvalue weighted by Crippen LogP contribution is -2.51. The molecular formula is C23H27N3O3. The molecule has 29 heavy (non-hydrogen) atoms. The van der Waals surface area contributed by atoms with Crippen LogP contribution in [0.3, 0.4) is 0 Å². The van der Waals surface area contributed by atoms with Gasteiger partial charge in [-0.05, 0) is 55.5 Å². The average Bonchev–Trinajstić information content (AvgIpc) is 3.45. The van der Waals surface area contributed by atoms with E-state index >= 15 is 0 Å².